The van der Waals surface area contributed by atoms with Gasteiger partial charge in [-0.2, -0.15) is 0 Å². The first-order valence-corrected chi connectivity index (χ1v) is 10.2. The molecular formula is C22H24N4O4. The first-order chi connectivity index (χ1) is 14.5. The number of rotatable bonds is 5. The topological polar surface area (TPSA) is 115 Å². The molecule has 2 amide bonds. The molecule has 0 bridgehead atoms. The molecule has 0 radical (unpaired) electrons. The average molecular weight is 408 g/mol. The predicted molar refractivity (Wildman–Crippen MR) is 113 cm³/mol. The van der Waals surface area contributed by atoms with Gasteiger partial charge in [0.25, 0.3) is 11.5 Å². The summed E-state index contributed by atoms with van der Waals surface area (Å²) in [5.74, 6) is 0.155. The largest absolute Gasteiger partial charge is 0.354 e. The molecule has 2 aliphatic rings. The van der Waals surface area contributed by atoms with Crippen LogP contribution in [0.3, 0.4) is 0 Å². The van der Waals surface area contributed by atoms with Gasteiger partial charge in [-0.3, -0.25) is 19.4 Å². The van der Waals surface area contributed by atoms with Crippen LogP contribution in [0.2, 0.25) is 0 Å². The van der Waals surface area contributed by atoms with Crippen LogP contribution in [0.25, 0.3) is 10.9 Å². The van der Waals surface area contributed by atoms with Gasteiger partial charge in [0.1, 0.15) is 0 Å². The van der Waals surface area contributed by atoms with Crippen LogP contribution in [0.15, 0.2) is 52.1 Å². The maximum absolute atomic E-state index is 13.0. The number of aromatic nitrogens is 2. The first kappa shape index (κ1) is 19.9. The molecule has 1 aromatic carbocycles. The van der Waals surface area contributed by atoms with E-state index in [9.17, 15) is 19.2 Å². The van der Waals surface area contributed by atoms with Crippen molar-refractivity contribution in [3.05, 3.63) is 68.9 Å². The Labute approximate surface area is 172 Å². The number of benzene rings is 1. The fourth-order valence-corrected chi connectivity index (χ4v) is 4.04. The third-order valence-corrected chi connectivity index (χ3v) is 5.67. The van der Waals surface area contributed by atoms with Crippen molar-refractivity contribution in [2.45, 2.75) is 31.7 Å². The summed E-state index contributed by atoms with van der Waals surface area (Å²) in [6, 6.07) is 4.39. The predicted octanol–water partition coefficient (Wildman–Crippen LogP) is 1.46. The molecule has 8 nitrogen and oxygen atoms in total. The Morgan fingerprint density at radius 3 is 2.80 bits per heavy atom. The van der Waals surface area contributed by atoms with Crippen molar-refractivity contribution in [3.63, 3.8) is 0 Å². The van der Waals surface area contributed by atoms with Gasteiger partial charge in [0, 0.05) is 25.1 Å². The van der Waals surface area contributed by atoms with Crippen LogP contribution in [0, 0.1) is 5.92 Å². The lowest BCUT2D eigenvalue weighted by Gasteiger charge is -2.25. The molecule has 30 heavy (non-hydrogen) atoms. The van der Waals surface area contributed by atoms with Crippen LogP contribution in [0.5, 0.6) is 0 Å². The van der Waals surface area contributed by atoms with E-state index in [1.165, 1.54) is 6.07 Å². The first-order valence-electron chi connectivity index (χ1n) is 10.2. The summed E-state index contributed by atoms with van der Waals surface area (Å²) in [6.45, 7) is 0.790. The van der Waals surface area contributed by atoms with Gasteiger partial charge in [-0.05, 0) is 43.4 Å². The van der Waals surface area contributed by atoms with E-state index in [4.69, 9.17) is 0 Å². The maximum atomic E-state index is 13.0. The summed E-state index contributed by atoms with van der Waals surface area (Å²) in [4.78, 5) is 55.1. The quantitative estimate of drug-likeness (QED) is 0.650. The van der Waals surface area contributed by atoms with E-state index in [1.54, 1.807) is 17.0 Å². The Balaban J connectivity index is 1.42. The number of amides is 2. The maximum Gasteiger partial charge on any atom is 0.326 e. The molecule has 1 unspecified atom stereocenters. The molecular weight excluding hydrogens is 384 g/mol. The normalized spacial score (nSPS) is 20.6. The third kappa shape index (κ3) is 4.27. The molecule has 1 aliphatic carbocycles. The lowest BCUT2D eigenvalue weighted by molar-refractivity contribution is -0.122. The highest BCUT2D eigenvalue weighted by Crippen LogP contribution is 2.21. The molecule has 1 aliphatic heterocycles. The van der Waals surface area contributed by atoms with Gasteiger partial charge in [0.15, 0.2) is 0 Å². The van der Waals surface area contributed by atoms with Gasteiger partial charge < -0.3 is 15.2 Å². The number of H-pyrrole nitrogens is 2. The summed E-state index contributed by atoms with van der Waals surface area (Å²) in [6.07, 6.45) is 11.6. The van der Waals surface area contributed by atoms with Crippen LogP contribution in [-0.2, 0) is 4.79 Å². The Morgan fingerprint density at radius 1 is 1.13 bits per heavy atom. The van der Waals surface area contributed by atoms with Crippen LogP contribution >= 0.6 is 0 Å². The number of nitrogens with one attached hydrogen (secondary N) is 3. The number of carbonyl (C=O) groups is 2. The fourth-order valence-electron chi connectivity index (χ4n) is 4.04. The molecule has 2 atom stereocenters. The zero-order valence-corrected chi connectivity index (χ0v) is 16.5. The van der Waals surface area contributed by atoms with E-state index in [2.05, 4.69) is 27.4 Å². The summed E-state index contributed by atoms with van der Waals surface area (Å²) in [5.41, 5.74) is -0.394. The monoisotopic (exact) mass is 408 g/mol. The lowest BCUT2D eigenvalue weighted by Crippen LogP contribution is -2.43. The van der Waals surface area contributed by atoms with Gasteiger partial charge in [-0.15, -0.1) is 0 Å². The molecule has 2 heterocycles. The minimum Gasteiger partial charge on any atom is -0.354 e. The lowest BCUT2D eigenvalue weighted by atomic mass is 9.91. The van der Waals surface area contributed by atoms with Gasteiger partial charge in [-0.1, -0.05) is 24.3 Å². The second-order valence-electron chi connectivity index (χ2n) is 7.78. The Bertz CT molecular complexity index is 1140. The minimum atomic E-state index is -0.588. The van der Waals surface area contributed by atoms with E-state index >= 15 is 0 Å². The van der Waals surface area contributed by atoms with Crippen molar-refractivity contribution in [1.29, 1.82) is 0 Å². The summed E-state index contributed by atoms with van der Waals surface area (Å²) in [5, 5.41) is 3.20. The summed E-state index contributed by atoms with van der Waals surface area (Å²) < 4.78 is 0. The summed E-state index contributed by atoms with van der Waals surface area (Å²) in [7, 11) is 0. The highest BCUT2D eigenvalue weighted by Gasteiger charge is 2.26. The molecule has 156 valence electrons. The molecule has 3 N–H and O–H groups in total. The van der Waals surface area contributed by atoms with Crippen molar-refractivity contribution in [1.82, 2.24) is 20.2 Å². The van der Waals surface area contributed by atoms with Crippen LogP contribution in [0.1, 0.15) is 36.0 Å². The van der Waals surface area contributed by atoms with Crippen LogP contribution < -0.4 is 16.6 Å². The van der Waals surface area contributed by atoms with Crippen molar-refractivity contribution in [2.75, 3.05) is 13.1 Å². The highest BCUT2D eigenvalue weighted by atomic mass is 16.2. The van der Waals surface area contributed by atoms with E-state index in [-0.39, 0.29) is 23.2 Å². The van der Waals surface area contributed by atoms with Gasteiger partial charge in [0.05, 0.1) is 16.9 Å². The average Bonchev–Trinajstić information content (AvgIpc) is 3.21. The van der Waals surface area contributed by atoms with Crippen LogP contribution in [0.4, 0.5) is 0 Å². The molecule has 0 saturated carbocycles. The van der Waals surface area contributed by atoms with Crippen molar-refractivity contribution >= 4 is 22.7 Å². The molecule has 0 spiro atoms. The van der Waals surface area contributed by atoms with E-state index in [0.717, 1.165) is 19.3 Å². The van der Waals surface area contributed by atoms with Crippen molar-refractivity contribution in [2.24, 2.45) is 5.92 Å². The zero-order valence-electron chi connectivity index (χ0n) is 16.5. The van der Waals surface area contributed by atoms with Gasteiger partial charge in [-0.25, -0.2) is 4.79 Å². The number of hydrogen-bond acceptors (Lipinski definition) is 4. The number of allylic oxidation sites excluding steroid dienone is 2. The minimum absolute atomic E-state index is 0.00388. The smallest absolute Gasteiger partial charge is 0.326 e. The second-order valence-corrected chi connectivity index (χ2v) is 7.78. The fraction of sp³-hybridized carbons (Fsp3) is 0.364. The SMILES string of the molecule is O=C(C[C@@H]1CC=CCC1)NCC1C=CCN1C(=O)c1ccc2[nH]c(=O)[nH]c(=O)c2c1. The van der Waals surface area contributed by atoms with Gasteiger partial charge >= 0.3 is 5.69 Å². The number of carbonyl (C=O) groups excluding carboxylic acids is 2. The van der Waals surface area contributed by atoms with E-state index in [0.29, 0.717) is 36.5 Å². The zero-order chi connectivity index (χ0) is 21.1. The highest BCUT2D eigenvalue weighted by molar-refractivity contribution is 5.98. The number of aromatic amines is 2. The standard InChI is InChI=1S/C22H24N4O4/c27-19(11-14-5-2-1-3-6-14)23-13-16-7-4-10-26(16)21(29)15-8-9-18-17(12-15)20(28)25-22(30)24-18/h1-2,4,7-9,12,14,16H,3,5-6,10-11,13H2,(H,23,27)(H2,24,25,28,30)/t14-,16?/m1/s1. The molecule has 8 heteroatoms. The Kier molecular flexibility index (Phi) is 5.65. The number of hydrogen-bond donors (Lipinski definition) is 3. The second kappa shape index (κ2) is 8.52. The summed E-state index contributed by atoms with van der Waals surface area (Å²) >= 11 is 0. The molecule has 0 fully saturated rings. The van der Waals surface area contributed by atoms with Gasteiger partial charge in [0.2, 0.25) is 5.91 Å². The Hall–Kier alpha value is -3.42. The molecule has 0 saturated heterocycles. The van der Waals surface area contributed by atoms with E-state index < -0.39 is 11.2 Å². The van der Waals surface area contributed by atoms with Crippen LogP contribution in [-0.4, -0.2) is 45.8 Å². The molecule has 2 aromatic rings. The van der Waals surface area contributed by atoms with Crippen molar-refractivity contribution in [3.8, 4) is 0 Å². The van der Waals surface area contributed by atoms with E-state index in [1.807, 2.05) is 12.2 Å². The van der Waals surface area contributed by atoms with Crippen molar-refractivity contribution < 1.29 is 9.59 Å². The Morgan fingerprint density at radius 2 is 2.00 bits per heavy atom. The number of nitrogens with zero attached hydrogens (tertiary/aromatic N) is 1. The molecule has 1 aromatic heterocycles. The molecule has 4 rings (SSSR count). The third-order valence-electron chi connectivity index (χ3n) is 5.67. The number of fused-ring (bicyclic) bond motifs is 1.